The highest BCUT2D eigenvalue weighted by atomic mass is 19.1. The van der Waals surface area contributed by atoms with Gasteiger partial charge in [-0.3, -0.25) is 0 Å². The number of carbonyl (C=O) groups is 2. The summed E-state index contributed by atoms with van der Waals surface area (Å²) in [6.45, 7) is 0.163. The summed E-state index contributed by atoms with van der Waals surface area (Å²) in [6, 6.07) is 10.2. The minimum Gasteiger partial charge on any atom is -0.490 e. The molecule has 0 atom stereocenters. The molecule has 2 aromatic rings. The van der Waals surface area contributed by atoms with Crippen molar-refractivity contribution in [3.8, 4) is 11.5 Å². The molecule has 7 heteroatoms. The molecule has 0 aromatic heterocycles. The lowest BCUT2D eigenvalue weighted by Gasteiger charge is -2.11. The number of halogens is 1. The Labute approximate surface area is 144 Å². The Kier molecular flexibility index (Phi) is 6.33. The topological polar surface area (TPSA) is 71.1 Å². The molecule has 0 aliphatic heterocycles. The van der Waals surface area contributed by atoms with Gasteiger partial charge in [0.2, 0.25) is 0 Å². The van der Waals surface area contributed by atoms with E-state index in [0.29, 0.717) is 0 Å². The van der Waals surface area contributed by atoms with Crippen LogP contribution >= 0.6 is 0 Å². The van der Waals surface area contributed by atoms with E-state index < -0.39 is 17.8 Å². The highest BCUT2D eigenvalue weighted by Gasteiger charge is 2.14. The van der Waals surface area contributed by atoms with Crippen LogP contribution in [0.15, 0.2) is 42.5 Å². The SMILES string of the molecule is COC(=O)c1cc(OCCOc2ccccc2F)cc(C(=O)OC)c1. The zero-order valence-electron chi connectivity index (χ0n) is 13.8. The molecule has 0 heterocycles. The van der Waals surface area contributed by atoms with Crippen LogP contribution in [0.5, 0.6) is 11.5 Å². The number of ether oxygens (including phenoxy) is 4. The van der Waals surface area contributed by atoms with Crippen LogP contribution in [-0.2, 0) is 9.47 Å². The third kappa shape index (κ3) is 4.94. The zero-order chi connectivity index (χ0) is 18.2. The maximum absolute atomic E-state index is 13.4. The Hall–Kier alpha value is -3.09. The fourth-order valence-electron chi connectivity index (χ4n) is 2.03. The first-order chi connectivity index (χ1) is 12.0. The number of hydrogen-bond acceptors (Lipinski definition) is 6. The van der Waals surface area contributed by atoms with Gasteiger partial charge in [0.05, 0.1) is 25.3 Å². The van der Waals surface area contributed by atoms with Crippen LogP contribution in [0.3, 0.4) is 0 Å². The summed E-state index contributed by atoms with van der Waals surface area (Å²) in [5, 5.41) is 0. The van der Waals surface area contributed by atoms with Crippen molar-refractivity contribution < 1.29 is 32.9 Å². The van der Waals surface area contributed by atoms with Crippen LogP contribution in [-0.4, -0.2) is 39.4 Å². The van der Waals surface area contributed by atoms with Gasteiger partial charge in [0, 0.05) is 0 Å². The summed E-state index contributed by atoms with van der Waals surface area (Å²) < 4.78 is 33.5. The van der Waals surface area contributed by atoms with E-state index in [4.69, 9.17) is 9.47 Å². The molecule has 0 fully saturated rings. The summed E-state index contributed by atoms with van der Waals surface area (Å²) in [5.41, 5.74) is 0.297. The fourth-order valence-corrected chi connectivity index (χ4v) is 2.03. The van der Waals surface area contributed by atoms with Crippen molar-refractivity contribution in [2.45, 2.75) is 0 Å². The molecule has 0 radical (unpaired) electrons. The number of para-hydroxylation sites is 1. The summed E-state index contributed by atoms with van der Waals surface area (Å²) >= 11 is 0. The van der Waals surface area contributed by atoms with Crippen LogP contribution in [0.25, 0.3) is 0 Å². The van der Waals surface area contributed by atoms with E-state index in [1.807, 2.05) is 0 Å². The number of rotatable bonds is 7. The number of esters is 2. The standard InChI is InChI=1S/C18H17FO6/c1-22-17(20)12-9-13(18(21)23-2)11-14(10-12)24-7-8-25-16-6-4-3-5-15(16)19/h3-6,9-11H,7-8H2,1-2H3. The minimum absolute atomic E-state index is 0.0803. The zero-order valence-corrected chi connectivity index (χ0v) is 13.8. The molecule has 0 aliphatic rings. The first kappa shape index (κ1) is 18.3. The third-order valence-corrected chi connectivity index (χ3v) is 3.20. The first-order valence-corrected chi connectivity index (χ1v) is 7.37. The Bertz CT molecular complexity index is 725. The van der Waals surface area contributed by atoms with E-state index in [1.54, 1.807) is 12.1 Å². The van der Waals surface area contributed by atoms with Crippen LogP contribution < -0.4 is 9.47 Å². The van der Waals surface area contributed by atoms with Crippen molar-refractivity contribution >= 4 is 11.9 Å². The second-order valence-corrected chi connectivity index (χ2v) is 4.86. The van der Waals surface area contributed by atoms with Crippen molar-refractivity contribution in [2.75, 3.05) is 27.4 Å². The van der Waals surface area contributed by atoms with Crippen molar-refractivity contribution in [1.82, 2.24) is 0 Å². The van der Waals surface area contributed by atoms with Gasteiger partial charge in [0.1, 0.15) is 19.0 Å². The summed E-state index contributed by atoms with van der Waals surface area (Å²) in [5.74, 6) is -1.32. The first-order valence-electron chi connectivity index (χ1n) is 7.37. The lowest BCUT2D eigenvalue weighted by atomic mass is 10.1. The van der Waals surface area contributed by atoms with E-state index in [2.05, 4.69) is 9.47 Å². The minimum atomic E-state index is -0.613. The molecule has 0 bridgehead atoms. The molecule has 25 heavy (non-hydrogen) atoms. The maximum atomic E-state index is 13.4. The molecule has 0 aliphatic carbocycles. The van der Waals surface area contributed by atoms with E-state index in [1.165, 1.54) is 44.6 Å². The quantitative estimate of drug-likeness (QED) is 0.566. The van der Waals surface area contributed by atoms with Crippen molar-refractivity contribution in [3.05, 3.63) is 59.4 Å². The van der Waals surface area contributed by atoms with Crippen molar-refractivity contribution in [1.29, 1.82) is 0 Å². The van der Waals surface area contributed by atoms with Gasteiger partial charge in [-0.25, -0.2) is 14.0 Å². The maximum Gasteiger partial charge on any atom is 0.338 e. The van der Waals surface area contributed by atoms with Crippen LogP contribution in [0.2, 0.25) is 0 Å². The molecule has 0 spiro atoms. The van der Waals surface area contributed by atoms with Gasteiger partial charge in [-0.2, -0.15) is 0 Å². The smallest absolute Gasteiger partial charge is 0.338 e. The van der Waals surface area contributed by atoms with E-state index >= 15 is 0 Å². The molecule has 0 saturated carbocycles. The highest BCUT2D eigenvalue weighted by molar-refractivity contribution is 5.96. The van der Waals surface area contributed by atoms with E-state index in [-0.39, 0.29) is 35.8 Å². The molecule has 6 nitrogen and oxygen atoms in total. The summed E-state index contributed by atoms with van der Waals surface area (Å²) in [4.78, 5) is 23.4. The van der Waals surface area contributed by atoms with E-state index in [9.17, 15) is 14.0 Å². The molecule has 0 amide bonds. The molecule has 0 unspecified atom stereocenters. The molecule has 0 N–H and O–H groups in total. The van der Waals surface area contributed by atoms with Crippen molar-refractivity contribution in [2.24, 2.45) is 0 Å². The second kappa shape index (κ2) is 8.68. The molecule has 2 rings (SSSR count). The lowest BCUT2D eigenvalue weighted by Crippen LogP contribution is -2.12. The summed E-state index contributed by atoms with van der Waals surface area (Å²) in [6.07, 6.45) is 0. The van der Waals surface area contributed by atoms with Gasteiger partial charge < -0.3 is 18.9 Å². The lowest BCUT2D eigenvalue weighted by molar-refractivity contribution is 0.0598. The van der Waals surface area contributed by atoms with E-state index in [0.717, 1.165) is 0 Å². The number of carbonyl (C=O) groups excluding carboxylic acids is 2. The normalized spacial score (nSPS) is 10.0. The number of benzene rings is 2. The highest BCUT2D eigenvalue weighted by Crippen LogP contribution is 2.20. The predicted molar refractivity (Wildman–Crippen MR) is 86.5 cm³/mol. The molecular weight excluding hydrogens is 331 g/mol. The summed E-state index contributed by atoms with van der Waals surface area (Å²) in [7, 11) is 2.46. The molecular formula is C18H17FO6. The van der Waals surface area contributed by atoms with Gasteiger partial charge in [-0.1, -0.05) is 12.1 Å². The van der Waals surface area contributed by atoms with Gasteiger partial charge in [0.15, 0.2) is 11.6 Å². The van der Waals surface area contributed by atoms with Crippen LogP contribution in [0, 0.1) is 5.82 Å². The average Bonchev–Trinajstić information content (AvgIpc) is 2.64. The number of methoxy groups -OCH3 is 2. The largest absolute Gasteiger partial charge is 0.490 e. The molecule has 0 saturated heterocycles. The van der Waals surface area contributed by atoms with Gasteiger partial charge in [0.25, 0.3) is 0 Å². The molecule has 2 aromatic carbocycles. The Morgan fingerprint density at radius 2 is 1.44 bits per heavy atom. The predicted octanol–water partition coefficient (Wildman–Crippen LogP) is 2.86. The van der Waals surface area contributed by atoms with Crippen LogP contribution in [0.4, 0.5) is 4.39 Å². The van der Waals surface area contributed by atoms with Crippen LogP contribution in [0.1, 0.15) is 20.7 Å². The monoisotopic (exact) mass is 348 g/mol. The average molecular weight is 348 g/mol. The fraction of sp³-hybridized carbons (Fsp3) is 0.222. The Morgan fingerprint density at radius 1 is 0.880 bits per heavy atom. The third-order valence-electron chi connectivity index (χ3n) is 3.20. The Balaban J connectivity index is 2.04. The second-order valence-electron chi connectivity index (χ2n) is 4.86. The molecule has 132 valence electrons. The number of hydrogen-bond donors (Lipinski definition) is 0. The Morgan fingerprint density at radius 3 is 2.00 bits per heavy atom. The van der Waals surface area contributed by atoms with Gasteiger partial charge in [-0.15, -0.1) is 0 Å². The van der Waals surface area contributed by atoms with Crippen molar-refractivity contribution in [3.63, 3.8) is 0 Å². The van der Waals surface area contributed by atoms with Gasteiger partial charge in [-0.05, 0) is 30.3 Å². The van der Waals surface area contributed by atoms with Gasteiger partial charge >= 0.3 is 11.9 Å².